The number of hydrogen-bond donors (Lipinski definition) is 3. The van der Waals surface area contributed by atoms with E-state index in [1.165, 1.54) is 12.4 Å². The second kappa shape index (κ2) is 8.98. The number of nitriles is 1. The Bertz CT molecular complexity index is 816. The molecule has 1 heterocycles. The highest BCUT2D eigenvalue weighted by molar-refractivity contribution is 5.90. The molecule has 9 nitrogen and oxygen atoms in total. The molecule has 0 unspecified atom stereocenters. The number of methoxy groups -OCH3 is 1. The van der Waals surface area contributed by atoms with E-state index in [0.717, 1.165) is 5.56 Å². The molecule has 0 fully saturated rings. The molecular formula is C17H18N6O3. The van der Waals surface area contributed by atoms with Crippen molar-refractivity contribution < 1.29 is 14.3 Å². The van der Waals surface area contributed by atoms with Gasteiger partial charge in [-0.25, -0.2) is 14.8 Å². The zero-order chi connectivity index (χ0) is 18.9. The van der Waals surface area contributed by atoms with Crippen molar-refractivity contribution in [2.45, 2.75) is 13.0 Å². The van der Waals surface area contributed by atoms with Crippen molar-refractivity contribution in [1.29, 1.82) is 5.26 Å². The molecule has 9 heteroatoms. The highest BCUT2D eigenvalue weighted by Gasteiger charge is 2.12. The Morgan fingerprint density at radius 3 is 2.69 bits per heavy atom. The van der Waals surface area contributed by atoms with Crippen molar-refractivity contribution in [3.63, 3.8) is 0 Å². The average Bonchev–Trinajstić information content (AvgIpc) is 2.67. The third kappa shape index (κ3) is 5.45. The molecule has 26 heavy (non-hydrogen) atoms. The molecule has 0 aliphatic heterocycles. The lowest BCUT2D eigenvalue weighted by atomic mass is 10.1. The number of benzene rings is 1. The first kappa shape index (κ1) is 18.7. The number of carbonyl (C=O) groups is 2. The molecule has 0 spiro atoms. The van der Waals surface area contributed by atoms with Gasteiger partial charge in [0.1, 0.15) is 11.8 Å². The minimum absolute atomic E-state index is 0.0339. The molecule has 2 aromatic rings. The van der Waals surface area contributed by atoms with Gasteiger partial charge in [0.25, 0.3) is 0 Å². The first-order chi connectivity index (χ1) is 12.5. The molecule has 134 valence electrons. The number of nitrogens with zero attached hydrogens (tertiary/aromatic N) is 3. The van der Waals surface area contributed by atoms with Gasteiger partial charge in [0.05, 0.1) is 37.7 Å². The van der Waals surface area contributed by atoms with Gasteiger partial charge >= 0.3 is 6.03 Å². The molecule has 0 radical (unpaired) electrons. The fourth-order valence-corrected chi connectivity index (χ4v) is 2.04. The van der Waals surface area contributed by atoms with E-state index in [1.807, 2.05) is 37.3 Å². The number of amides is 3. The van der Waals surface area contributed by atoms with Crippen LogP contribution in [0, 0.1) is 11.3 Å². The zero-order valence-electron chi connectivity index (χ0n) is 14.3. The highest BCUT2D eigenvalue weighted by Crippen LogP contribution is 2.18. The predicted octanol–water partition coefficient (Wildman–Crippen LogP) is 1.36. The van der Waals surface area contributed by atoms with Crippen LogP contribution in [0.25, 0.3) is 0 Å². The Labute approximate surface area is 150 Å². The van der Waals surface area contributed by atoms with E-state index in [9.17, 15) is 9.59 Å². The topological polar surface area (TPSA) is 129 Å². The van der Waals surface area contributed by atoms with Gasteiger partial charge in [-0.05, 0) is 24.6 Å². The van der Waals surface area contributed by atoms with Crippen molar-refractivity contribution in [1.82, 2.24) is 20.6 Å². The van der Waals surface area contributed by atoms with Crippen LogP contribution in [0.3, 0.4) is 0 Å². The first-order valence-corrected chi connectivity index (χ1v) is 7.72. The van der Waals surface area contributed by atoms with E-state index in [4.69, 9.17) is 10.00 Å². The SMILES string of the molecule is COc1cccc([C@H](C)NC(=O)CNC(=O)Nc2ncc(C#N)cn2)c1. The lowest BCUT2D eigenvalue weighted by Gasteiger charge is -2.15. The van der Waals surface area contributed by atoms with E-state index in [-0.39, 0.29) is 30.0 Å². The Balaban J connectivity index is 1.79. The Morgan fingerprint density at radius 1 is 1.31 bits per heavy atom. The van der Waals surface area contributed by atoms with E-state index in [2.05, 4.69) is 25.9 Å². The normalized spacial score (nSPS) is 11.0. The Morgan fingerprint density at radius 2 is 2.04 bits per heavy atom. The summed E-state index contributed by atoms with van der Waals surface area (Å²) < 4.78 is 5.15. The van der Waals surface area contributed by atoms with Crippen LogP contribution in [0.2, 0.25) is 0 Å². The second-order valence-electron chi connectivity index (χ2n) is 5.28. The molecule has 1 aromatic carbocycles. The van der Waals surface area contributed by atoms with Gasteiger partial charge in [0, 0.05) is 0 Å². The van der Waals surface area contributed by atoms with Gasteiger partial charge in [-0.15, -0.1) is 0 Å². The van der Waals surface area contributed by atoms with Crippen LogP contribution in [-0.2, 0) is 4.79 Å². The van der Waals surface area contributed by atoms with Gasteiger partial charge < -0.3 is 15.4 Å². The Kier molecular flexibility index (Phi) is 6.45. The van der Waals surface area contributed by atoms with Gasteiger partial charge in [-0.3, -0.25) is 10.1 Å². The molecule has 1 aromatic heterocycles. The molecule has 0 aliphatic carbocycles. The highest BCUT2D eigenvalue weighted by atomic mass is 16.5. The molecule has 0 saturated carbocycles. The summed E-state index contributed by atoms with van der Waals surface area (Å²) in [6, 6.07) is 8.35. The summed E-state index contributed by atoms with van der Waals surface area (Å²) >= 11 is 0. The van der Waals surface area contributed by atoms with Gasteiger partial charge in [0.2, 0.25) is 11.9 Å². The number of aromatic nitrogens is 2. The van der Waals surface area contributed by atoms with Crippen LogP contribution in [0.15, 0.2) is 36.7 Å². The summed E-state index contributed by atoms with van der Waals surface area (Å²) in [4.78, 5) is 31.3. The van der Waals surface area contributed by atoms with E-state index in [1.54, 1.807) is 7.11 Å². The number of carbonyl (C=O) groups excluding carboxylic acids is 2. The molecule has 3 amide bonds. The average molecular weight is 354 g/mol. The van der Waals surface area contributed by atoms with E-state index in [0.29, 0.717) is 5.75 Å². The first-order valence-electron chi connectivity index (χ1n) is 7.72. The lowest BCUT2D eigenvalue weighted by molar-refractivity contribution is -0.120. The van der Waals surface area contributed by atoms with E-state index >= 15 is 0 Å². The van der Waals surface area contributed by atoms with Crippen molar-refractivity contribution in [2.75, 3.05) is 19.0 Å². The Hall–Kier alpha value is -3.67. The van der Waals surface area contributed by atoms with Crippen molar-refractivity contribution in [3.05, 3.63) is 47.8 Å². The summed E-state index contributed by atoms with van der Waals surface area (Å²) in [6.07, 6.45) is 2.57. The van der Waals surface area contributed by atoms with Gasteiger partial charge in [0.15, 0.2) is 0 Å². The largest absolute Gasteiger partial charge is 0.497 e. The van der Waals surface area contributed by atoms with Crippen LogP contribution in [0.1, 0.15) is 24.1 Å². The van der Waals surface area contributed by atoms with Gasteiger partial charge in [-0.1, -0.05) is 12.1 Å². The standard InChI is InChI=1S/C17H18N6O3/c1-11(13-4-3-5-14(6-13)26-2)22-15(24)10-21-17(25)23-16-19-8-12(7-18)9-20-16/h3-6,8-9,11H,10H2,1-2H3,(H,22,24)(H2,19,20,21,23,25)/t11-/m0/s1. The van der Waals surface area contributed by atoms with Crippen molar-refractivity contribution in [2.24, 2.45) is 0 Å². The maximum Gasteiger partial charge on any atom is 0.322 e. The summed E-state index contributed by atoms with van der Waals surface area (Å²) in [5.41, 5.74) is 1.16. The maximum absolute atomic E-state index is 12.0. The van der Waals surface area contributed by atoms with Crippen LogP contribution in [0.5, 0.6) is 5.75 Å². The van der Waals surface area contributed by atoms with Gasteiger partial charge in [-0.2, -0.15) is 5.26 Å². The summed E-state index contributed by atoms with van der Waals surface area (Å²) in [5.74, 6) is 0.381. The lowest BCUT2D eigenvalue weighted by Crippen LogP contribution is -2.40. The zero-order valence-corrected chi connectivity index (χ0v) is 14.3. The minimum atomic E-state index is -0.626. The van der Waals surface area contributed by atoms with Crippen LogP contribution in [0.4, 0.5) is 10.7 Å². The monoisotopic (exact) mass is 354 g/mol. The molecule has 0 saturated heterocycles. The number of hydrogen-bond acceptors (Lipinski definition) is 6. The van der Waals surface area contributed by atoms with Crippen molar-refractivity contribution >= 4 is 17.9 Å². The number of urea groups is 1. The predicted molar refractivity (Wildman–Crippen MR) is 93.3 cm³/mol. The molecule has 3 N–H and O–H groups in total. The number of anilines is 1. The second-order valence-corrected chi connectivity index (χ2v) is 5.28. The third-order valence-corrected chi connectivity index (χ3v) is 3.39. The molecule has 1 atom stereocenters. The quantitative estimate of drug-likeness (QED) is 0.718. The third-order valence-electron chi connectivity index (χ3n) is 3.39. The maximum atomic E-state index is 12.0. The smallest absolute Gasteiger partial charge is 0.322 e. The number of ether oxygens (including phenoxy) is 1. The van der Waals surface area contributed by atoms with Crippen LogP contribution >= 0.6 is 0 Å². The summed E-state index contributed by atoms with van der Waals surface area (Å²) in [6.45, 7) is 1.62. The molecule has 2 rings (SSSR count). The van der Waals surface area contributed by atoms with E-state index < -0.39 is 6.03 Å². The summed E-state index contributed by atoms with van der Waals surface area (Å²) in [7, 11) is 1.57. The fourth-order valence-electron chi connectivity index (χ4n) is 2.04. The minimum Gasteiger partial charge on any atom is -0.497 e. The van der Waals surface area contributed by atoms with Crippen LogP contribution < -0.4 is 20.7 Å². The molecular weight excluding hydrogens is 336 g/mol. The number of rotatable bonds is 6. The van der Waals surface area contributed by atoms with Crippen LogP contribution in [-0.4, -0.2) is 35.6 Å². The molecule has 0 aliphatic rings. The summed E-state index contributed by atoms with van der Waals surface area (Å²) in [5, 5.41) is 16.2. The number of nitrogens with one attached hydrogen (secondary N) is 3. The fraction of sp³-hybridized carbons (Fsp3) is 0.235. The molecule has 0 bridgehead atoms. The van der Waals surface area contributed by atoms with Crippen molar-refractivity contribution in [3.8, 4) is 11.8 Å².